The number of aliphatic hydroxyl groups is 1. The van der Waals surface area contributed by atoms with Crippen LogP contribution in [-0.2, 0) is 0 Å². The number of hydrogen-bond donors (Lipinski definition) is 1. The Morgan fingerprint density at radius 3 is 2.29 bits per heavy atom. The molecular formula is C24H18N2O2. The average Bonchev–Trinajstić information content (AvgIpc) is 3.39. The van der Waals surface area contributed by atoms with E-state index in [0.29, 0.717) is 5.76 Å². The largest absolute Gasteiger partial charge is 0.457 e. The van der Waals surface area contributed by atoms with Crippen LogP contribution in [0.25, 0.3) is 27.8 Å². The SMILES string of the molecule is O[C@H](c1ccccc1)c1oc2ccccc2c1-c1cnn(-c2ccccc2)c1. The quantitative estimate of drug-likeness (QED) is 0.465. The lowest BCUT2D eigenvalue weighted by Gasteiger charge is -2.10. The minimum Gasteiger partial charge on any atom is -0.457 e. The van der Waals surface area contributed by atoms with E-state index in [1.165, 1.54) is 0 Å². The maximum Gasteiger partial charge on any atom is 0.146 e. The van der Waals surface area contributed by atoms with Crippen LogP contribution in [-0.4, -0.2) is 14.9 Å². The average molecular weight is 366 g/mol. The Bertz CT molecular complexity index is 1220. The lowest BCUT2D eigenvalue weighted by Crippen LogP contribution is -1.99. The molecule has 0 radical (unpaired) electrons. The fraction of sp³-hybridized carbons (Fsp3) is 0.0417. The van der Waals surface area contributed by atoms with E-state index in [4.69, 9.17) is 4.42 Å². The number of rotatable bonds is 4. The van der Waals surface area contributed by atoms with Gasteiger partial charge in [-0.25, -0.2) is 4.68 Å². The van der Waals surface area contributed by atoms with Crippen molar-refractivity contribution in [3.8, 4) is 16.8 Å². The molecule has 5 rings (SSSR count). The Morgan fingerprint density at radius 2 is 1.50 bits per heavy atom. The molecule has 4 heteroatoms. The third-order valence-electron chi connectivity index (χ3n) is 4.88. The van der Waals surface area contributed by atoms with Crippen LogP contribution in [0.15, 0.2) is 102 Å². The van der Waals surface area contributed by atoms with Crippen LogP contribution in [0.3, 0.4) is 0 Å². The van der Waals surface area contributed by atoms with E-state index in [-0.39, 0.29) is 0 Å². The summed E-state index contributed by atoms with van der Waals surface area (Å²) in [6, 6.07) is 27.3. The van der Waals surface area contributed by atoms with Crippen molar-refractivity contribution in [2.75, 3.05) is 0 Å². The van der Waals surface area contributed by atoms with E-state index in [9.17, 15) is 5.11 Å². The van der Waals surface area contributed by atoms with E-state index < -0.39 is 6.10 Å². The number of benzene rings is 3. The van der Waals surface area contributed by atoms with Gasteiger partial charge < -0.3 is 9.52 Å². The van der Waals surface area contributed by atoms with Crippen LogP contribution in [0.1, 0.15) is 17.4 Å². The molecule has 28 heavy (non-hydrogen) atoms. The molecule has 1 atom stereocenters. The molecule has 0 saturated carbocycles. The Morgan fingerprint density at radius 1 is 0.821 bits per heavy atom. The van der Waals surface area contributed by atoms with Crippen molar-refractivity contribution in [2.24, 2.45) is 0 Å². The summed E-state index contributed by atoms with van der Waals surface area (Å²) in [7, 11) is 0. The first-order valence-corrected chi connectivity index (χ1v) is 9.16. The highest BCUT2D eigenvalue weighted by molar-refractivity contribution is 5.95. The maximum atomic E-state index is 11.0. The molecule has 0 fully saturated rings. The van der Waals surface area contributed by atoms with E-state index in [1.54, 1.807) is 0 Å². The summed E-state index contributed by atoms with van der Waals surface area (Å²) < 4.78 is 7.93. The Labute approximate surface area is 162 Å². The standard InChI is InChI=1S/C24H18N2O2/c27-23(17-9-3-1-4-10-17)24-22(20-13-7-8-14-21(20)28-24)18-15-25-26(16-18)19-11-5-2-6-12-19/h1-16,23,27H/t23-/m1/s1. The van der Waals surface area contributed by atoms with Gasteiger partial charge in [0.25, 0.3) is 0 Å². The Kier molecular flexibility index (Phi) is 4.04. The summed E-state index contributed by atoms with van der Waals surface area (Å²) in [5.41, 5.74) is 4.29. The van der Waals surface area contributed by atoms with Crippen molar-refractivity contribution in [3.05, 3.63) is 109 Å². The topological polar surface area (TPSA) is 51.2 Å². The van der Waals surface area contributed by atoms with Gasteiger partial charge in [-0.15, -0.1) is 0 Å². The molecule has 0 unspecified atom stereocenters. The van der Waals surface area contributed by atoms with Crippen LogP contribution < -0.4 is 0 Å². The number of para-hydroxylation sites is 2. The summed E-state index contributed by atoms with van der Waals surface area (Å²) in [4.78, 5) is 0. The first-order valence-electron chi connectivity index (χ1n) is 9.16. The summed E-state index contributed by atoms with van der Waals surface area (Å²) in [5.74, 6) is 0.528. The molecule has 2 aromatic heterocycles. The van der Waals surface area contributed by atoms with E-state index in [2.05, 4.69) is 5.10 Å². The van der Waals surface area contributed by atoms with Gasteiger partial charge in [0.1, 0.15) is 17.4 Å². The molecule has 2 heterocycles. The summed E-state index contributed by atoms with van der Waals surface area (Å²) in [6.07, 6.45) is 2.92. The number of furan rings is 1. The second kappa shape index (κ2) is 6.83. The monoisotopic (exact) mass is 366 g/mol. The molecule has 0 saturated heterocycles. The molecule has 136 valence electrons. The van der Waals surface area contributed by atoms with Gasteiger partial charge >= 0.3 is 0 Å². The van der Waals surface area contributed by atoms with E-state index in [1.807, 2.05) is 102 Å². The van der Waals surface area contributed by atoms with E-state index >= 15 is 0 Å². The molecule has 4 nitrogen and oxygen atoms in total. The third-order valence-corrected chi connectivity index (χ3v) is 4.88. The van der Waals surface area contributed by atoms with Gasteiger partial charge in [0, 0.05) is 22.7 Å². The summed E-state index contributed by atoms with van der Waals surface area (Å²) in [5, 5.41) is 16.5. The Balaban J connectivity index is 1.68. The maximum absolute atomic E-state index is 11.0. The number of aromatic nitrogens is 2. The van der Waals surface area contributed by atoms with Crippen LogP contribution >= 0.6 is 0 Å². The number of hydrogen-bond acceptors (Lipinski definition) is 3. The molecule has 0 amide bonds. The lowest BCUT2D eigenvalue weighted by atomic mass is 9.99. The predicted molar refractivity (Wildman–Crippen MR) is 109 cm³/mol. The number of aliphatic hydroxyl groups excluding tert-OH is 1. The van der Waals surface area contributed by atoms with E-state index in [0.717, 1.165) is 33.3 Å². The summed E-state index contributed by atoms with van der Waals surface area (Å²) >= 11 is 0. The van der Waals surface area contributed by atoms with Gasteiger partial charge in [-0.05, 0) is 23.8 Å². The first-order chi connectivity index (χ1) is 13.8. The number of fused-ring (bicyclic) bond motifs is 1. The molecule has 1 N–H and O–H groups in total. The second-order valence-electron chi connectivity index (χ2n) is 6.66. The first kappa shape index (κ1) is 16.5. The van der Waals surface area contributed by atoms with Crippen LogP contribution in [0.2, 0.25) is 0 Å². The van der Waals surface area contributed by atoms with Crippen LogP contribution in [0.5, 0.6) is 0 Å². The van der Waals surface area contributed by atoms with Crippen molar-refractivity contribution >= 4 is 11.0 Å². The van der Waals surface area contributed by atoms with Crippen molar-refractivity contribution < 1.29 is 9.52 Å². The molecule has 3 aromatic carbocycles. The lowest BCUT2D eigenvalue weighted by molar-refractivity contribution is 0.193. The predicted octanol–water partition coefficient (Wildman–Crippen LogP) is 5.37. The smallest absolute Gasteiger partial charge is 0.146 e. The molecule has 0 aliphatic rings. The van der Waals surface area contributed by atoms with Crippen molar-refractivity contribution in [1.82, 2.24) is 9.78 Å². The third kappa shape index (κ3) is 2.80. The van der Waals surface area contributed by atoms with Gasteiger partial charge in [-0.3, -0.25) is 0 Å². The van der Waals surface area contributed by atoms with Crippen molar-refractivity contribution in [1.29, 1.82) is 0 Å². The van der Waals surface area contributed by atoms with Gasteiger partial charge in [0.05, 0.1) is 11.9 Å². The molecule has 0 aliphatic heterocycles. The van der Waals surface area contributed by atoms with Crippen molar-refractivity contribution in [2.45, 2.75) is 6.10 Å². The zero-order valence-corrected chi connectivity index (χ0v) is 15.1. The minimum atomic E-state index is -0.858. The highest BCUT2D eigenvalue weighted by Crippen LogP contribution is 2.40. The molecule has 0 spiro atoms. The normalized spacial score (nSPS) is 12.3. The molecule has 0 bridgehead atoms. The van der Waals surface area contributed by atoms with Gasteiger partial charge in [0.15, 0.2) is 0 Å². The van der Waals surface area contributed by atoms with Crippen molar-refractivity contribution in [3.63, 3.8) is 0 Å². The zero-order valence-electron chi connectivity index (χ0n) is 15.1. The number of nitrogens with zero attached hydrogens (tertiary/aromatic N) is 2. The van der Waals surface area contributed by atoms with Crippen LogP contribution in [0.4, 0.5) is 0 Å². The Hall–Kier alpha value is -3.63. The fourth-order valence-electron chi connectivity index (χ4n) is 3.52. The highest BCUT2D eigenvalue weighted by atomic mass is 16.4. The van der Waals surface area contributed by atoms with Crippen LogP contribution in [0, 0.1) is 0 Å². The zero-order chi connectivity index (χ0) is 18.9. The minimum absolute atomic E-state index is 0.528. The van der Waals surface area contributed by atoms with Gasteiger partial charge in [-0.1, -0.05) is 66.7 Å². The molecule has 5 aromatic rings. The molecular weight excluding hydrogens is 348 g/mol. The fourth-order valence-corrected chi connectivity index (χ4v) is 3.52. The summed E-state index contributed by atoms with van der Waals surface area (Å²) in [6.45, 7) is 0. The van der Waals surface area contributed by atoms with Gasteiger partial charge in [-0.2, -0.15) is 5.10 Å². The highest BCUT2D eigenvalue weighted by Gasteiger charge is 2.24. The molecule has 0 aliphatic carbocycles. The van der Waals surface area contributed by atoms with Gasteiger partial charge in [0.2, 0.25) is 0 Å². The second-order valence-corrected chi connectivity index (χ2v) is 6.66.